The van der Waals surface area contributed by atoms with Crippen LogP contribution in [0.15, 0.2) is 65.8 Å². The quantitative estimate of drug-likeness (QED) is 0.173. The topological polar surface area (TPSA) is 177 Å². The first-order valence-corrected chi connectivity index (χ1v) is 13.8. The summed E-state index contributed by atoms with van der Waals surface area (Å²) in [4.78, 5) is 27.7. The van der Waals surface area contributed by atoms with Crippen LogP contribution in [0.5, 0.6) is 0 Å². The maximum Gasteiger partial charge on any atom is 0.337 e. The molecule has 0 aromatic heterocycles. The van der Waals surface area contributed by atoms with E-state index in [0.717, 1.165) is 18.2 Å². The number of benzene rings is 2. The molecule has 0 aliphatic carbocycles. The van der Waals surface area contributed by atoms with Crippen molar-refractivity contribution in [3.63, 3.8) is 0 Å². The first-order valence-electron chi connectivity index (χ1n) is 13.8. The average molecular weight is 600 g/mol. The summed E-state index contributed by atoms with van der Waals surface area (Å²) in [6, 6.07) is 17.5. The van der Waals surface area contributed by atoms with Crippen molar-refractivity contribution in [2.45, 2.75) is 81.5 Å². The fourth-order valence-corrected chi connectivity index (χ4v) is 5.33. The summed E-state index contributed by atoms with van der Waals surface area (Å²) in [6.07, 6.45) is -10.5. The van der Waals surface area contributed by atoms with Crippen LogP contribution < -0.4 is 0 Å². The van der Waals surface area contributed by atoms with Gasteiger partial charge in [-0.1, -0.05) is 65.8 Å². The minimum Gasteiger partial charge on any atom is -0.467 e. The molecule has 2 bridgehead atoms. The van der Waals surface area contributed by atoms with Gasteiger partial charge in [-0.2, -0.15) is 0 Å². The molecule has 0 unspecified atom stereocenters. The number of hydrogen-bond donors (Lipinski definition) is 1. The lowest BCUT2D eigenvalue weighted by Crippen LogP contribution is -2.64. The third kappa shape index (κ3) is 7.15. The molecule has 3 saturated heterocycles. The maximum atomic E-state index is 12.8. The SMILES string of the molecule is COC(=O)[C@H]1O[C@H](O[C@H]2[C@H](OC(C)=O)[C@@H](N=[N+]=[N-])[C@@H]3OC[C@H]2O3)[C@H](OCc2ccccc2)[C@@H](OCc2ccccc2)[C@@H]1O. The number of methoxy groups -OCH3 is 1. The molecule has 2 aromatic rings. The Morgan fingerprint density at radius 2 is 1.58 bits per heavy atom. The molecule has 10 atom stereocenters. The molecule has 0 amide bonds. The first kappa shape index (κ1) is 30.9. The number of carbonyl (C=O) groups is 2. The normalized spacial score (nSPS) is 33.3. The van der Waals surface area contributed by atoms with E-state index in [4.69, 9.17) is 37.9 Å². The van der Waals surface area contributed by atoms with Crippen molar-refractivity contribution >= 4 is 11.9 Å². The Bertz CT molecular complexity index is 1280. The van der Waals surface area contributed by atoms with Crippen molar-refractivity contribution in [2.75, 3.05) is 13.7 Å². The van der Waals surface area contributed by atoms with Gasteiger partial charge in [0.05, 0.1) is 26.9 Å². The van der Waals surface area contributed by atoms with Crippen LogP contribution in [0.2, 0.25) is 0 Å². The zero-order chi connectivity index (χ0) is 30.3. The Balaban J connectivity index is 1.48. The number of hydrogen-bond acceptors (Lipinski definition) is 12. The van der Waals surface area contributed by atoms with Crippen LogP contribution in [0.1, 0.15) is 18.1 Å². The third-order valence-corrected chi connectivity index (χ3v) is 7.34. The van der Waals surface area contributed by atoms with E-state index in [-0.39, 0.29) is 19.8 Å². The monoisotopic (exact) mass is 599 g/mol. The highest BCUT2D eigenvalue weighted by atomic mass is 16.8. The van der Waals surface area contributed by atoms with Crippen molar-refractivity contribution in [2.24, 2.45) is 5.11 Å². The summed E-state index contributed by atoms with van der Waals surface area (Å²) in [7, 11) is 1.16. The Morgan fingerprint density at radius 3 is 2.16 bits per heavy atom. The van der Waals surface area contributed by atoms with Crippen LogP contribution in [0.25, 0.3) is 10.4 Å². The number of esters is 2. The molecule has 1 N–H and O–H groups in total. The van der Waals surface area contributed by atoms with E-state index < -0.39 is 73.3 Å². The van der Waals surface area contributed by atoms with E-state index in [2.05, 4.69) is 10.0 Å². The lowest BCUT2D eigenvalue weighted by atomic mass is 9.96. The molecule has 3 aliphatic heterocycles. The number of rotatable bonds is 11. The lowest BCUT2D eigenvalue weighted by Gasteiger charge is -2.46. The van der Waals surface area contributed by atoms with Gasteiger partial charge in [-0.05, 0) is 16.7 Å². The van der Waals surface area contributed by atoms with E-state index in [0.29, 0.717) is 0 Å². The second-order valence-electron chi connectivity index (χ2n) is 10.2. The largest absolute Gasteiger partial charge is 0.467 e. The van der Waals surface area contributed by atoms with Gasteiger partial charge in [-0.3, -0.25) is 4.79 Å². The van der Waals surface area contributed by atoms with Gasteiger partial charge in [-0.25, -0.2) is 4.79 Å². The molecule has 2 aromatic carbocycles. The second-order valence-corrected chi connectivity index (χ2v) is 10.2. The van der Waals surface area contributed by atoms with E-state index in [1.54, 1.807) is 0 Å². The molecule has 3 aliphatic rings. The smallest absolute Gasteiger partial charge is 0.337 e. The first-order chi connectivity index (χ1) is 20.9. The molecule has 5 rings (SSSR count). The van der Waals surface area contributed by atoms with Crippen LogP contribution in [-0.4, -0.2) is 92.1 Å². The van der Waals surface area contributed by atoms with Crippen molar-refractivity contribution in [1.29, 1.82) is 0 Å². The van der Waals surface area contributed by atoms with Gasteiger partial charge in [-0.15, -0.1) is 0 Å². The maximum absolute atomic E-state index is 12.8. The number of azide groups is 1. The summed E-state index contributed by atoms with van der Waals surface area (Å²) < 4.78 is 46.8. The Morgan fingerprint density at radius 1 is 0.953 bits per heavy atom. The molecular formula is C29H33N3O11. The average Bonchev–Trinajstić information content (AvgIpc) is 3.46. The fraction of sp³-hybridized carbons (Fsp3) is 0.517. The van der Waals surface area contributed by atoms with Gasteiger partial charge in [0.25, 0.3) is 0 Å². The predicted octanol–water partition coefficient (Wildman–Crippen LogP) is 2.17. The van der Waals surface area contributed by atoms with Gasteiger partial charge >= 0.3 is 11.9 Å². The van der Waals surface area contributed by atoms with E-state index in [1.807, 2.05) is 60.7 Å². The van der Waals surface area contributed by atoms with Crippen LogP contribution in [0, 0.1) is 0 Å². The third-order valence-electron chi connectivity index (χ3n) is 7.34. The van der Waals surface area contributed by atoms with Crippen LogP contribution in [-0.2, 0) is 60.7 Å². The van der Waals surface area contributed by atoms with E-state index >= 15 is 0 Å². The van der Waals surface area contributed by atoms with Crippen molar-refractivity contribution < 1.29 is 52.6 Å². The van der Waals surface area contributed by atoms with E-state index in [1.165, 1.54) is 6.92 Å². The summed E-state index contributed by atoms with van der Waals surface area (Å²) in [6.45, 7) is 1.42. The fourth-order valence-electron chi connectivity index (χ4n) is 5.33. The number of fused-ring (bicyclic) bond motifs is 2. The minimum absolute atomic E-state index is 0.0454. The highest BCUT2D eigenvalue weighted by molar-refractivity contribution is 5.75. The zero-order valence-corrected chi connectivity index (χ0v) is 23.5. The van der Waals surface area contributed by atoms with Crippen molar-refractivity contribution in [3.8, 4) is 0 Å². The summed E-state index contributed by atoms with van der Waals surface area (Å²) in [5, 5.41) is 15.1. The zero-order valence-electron chi connectivity index (χ0n) is 23.5. The summed E-state index contributed by atoms with van der Waals surface area (Å²) in [5.41, 5.74) is 10.8. The number of carbonyl (C=O) groups excluding carboxylic acids is 2. The number of nitrogens with zero attached hydrogens (tertiary/aromatic N) is 3. The Labute approximate surface area is 247 Å². The number of aliphatic hydroxyl groups excluding tert-OH is 1. The van der Waals surface area contributed by atoms with Gasteiger partial charge in [0.2, 0.25) is 0 Å². The molecule has 0 saturated carbocycles. The molecular weight excluding hydrogens is 566 g/mol. The van der Waals surface area contributed by atoms with Crippen LogP contribution in [0.4, 0.5) is 0 Å². The van der Waals surface area contributed by atoms with Gasteiger partial charge in [0.15, 0.2) is 18.7 Å². The molecule has 0 spiro atoms. The van der Waals surface area contributed by atoms with Gasteiger partial charge in [0, 0.05) is 11.8 Å². The van der Waals surface area contributed by atoms with Crippen molar-refractivity contribution in [3.05, 3.63) is 82.2 Å². The minimum atomic E-state index is -1.51. The molecule has 14 nitrogen and oxygen atoms in total. The highest BCUT2D eigenvalue weighted by Gasteiger charge is 2.57. The van der Waals surface area contributed by atoms with E-state index in [9.17, 15) is 20.2 Å². The molecule has 43 heavy (non-hydrogen) atoms. The van der Waals surface area contributed by atoms with Crippen LogP contribution in [0.3, 0.4) is 0 Å². The van der Waals surface area contributed by atoms with Crippen LogP contribution >= 0.6 is 0 Å². The standard InChI is InChI=1S/C29H33N3O11/c1-16(33)40-23-20(31-32-30)28-39-15-19(41-28)22(23)42-29-26(38-14-18-11-7-4-8-12-18)24(21(34)25(43-29)27(35)36-2)37-13-17-9-5-3-6-10-17/h3-12,19-26,28-29,34H,13-15H2,1-2H3/t19-,20-,21+,22-,23-,24+,25+,26-,28-,29+/m1/s1. The predicted molar refractivity (Wildman–Crippen MR) is 145 cm³/mol. The second kappa shape index (κ2) is 14.3. The summed E-state index contributed by atoms with van der Waals surface area (Å²) in [5.74, 6) is -1.50. The molecule has 3 fully saturated rings. The molecule has 0 radical (unpaired) electrons. The van der Waals surface area contributed by atoms with Gasteiger partial charge < -0.3 is 43.0 Å². The summed E-state index contributed by atoms with van der Waals surface area (Å²) >= 11 is 0. The molecule has 230 valence electrons. The molecule has 3 heterocycles. The molecule has 14 heteroatoms. The van der Waals surface area contributed by atoms with Crippen molar-refractivity contribution in [1.82, 2.24) is 0 Å². The van der Waals surface area contributed by atoms with Gasteiger partial charge in [0.1, 0.15) is 42.7 Å². The number of ether oxygens (including phenoxy) is 8. The Kier molecular flexibility index (Phi) is 10.2. The number of aliphatic hydroxyl groups is 1. The Hall–Kier alpha value is -3.59. The highest BCUT2D eigenvalue weighted by Crippen LogP contribution is 2.37. The lowest BCUT2D eigenvalue weighted by molar-refractivity contribution is -0.338.